The van der Waals surface area contributed by atoms with E-state index in [1.807, 2.05) is 0 Å². The molecule has 1 rings (SSSR count). The van der Waals surface area contributed by atoms with Crippen LogP contribution in [-0.2, 0) is 0 Å². The number of aromatic nitrogens is 1. The standard InChI is InChI=1S/C11H18N4O2/c1-8(2)12-4-5-13-11-6-10(15(16)17)9(3)7-14-11/h6-8,12H,4-5H2,1-3H3,(H,13,14). The summed E-state index contributed by atoms with van der Waals surface area (Å²) >= 11 is 0. The van der Waals surface area contributed by atoms with Gasteiger partial charge in [0.05, 0.1) is 11.0 Å². The third-order valence-electron chi connectivity index (χ3n) is 2.26. The Morgan fingerprint density at radius 2 is 2.18 bits per heavy atom. The van der Waals surface area contributed by atoms with Gasteiger partial charge in [-0.3, -0.25) is 10.1 Å². The number of nitrogens with zero attached hydrogens (tertiary/aromatic N) is 2. The normalized spacial score (nSPS) is 10.6. The highest BCUT2D eigenvalue weighted by molar-refractivity contribution is 5.48. The number of pyridine rings is 1. The summed E-state index contributed by atoms with van der Waals surface area (Å²) in [6.45, 7) is 7.28. The molecule has 0 aliphatic carbocycles. The van der Waals surface area contributed by atoms with Gasteiger partial charge in [0, 0.05) is 30.9 Å². The number of hydrogen-bond acceptors (Lipinski definition) is 5. The van der Waals surface area contributed by atoms with Crippen LogP contribution in [0.5, 0.6) is 0 Å². The first kappa shape index (κ1) is 13.4. The molecule has 6 nitrogen and oxygen atoms in total. The van der Waals surface area contributed by atoms with Crippen molar-refractivity contribution in [1.82, 2.24) is 10.3 Å². The molecule has 0 unspecified atom stereocenters. The summed E-state index contributed by atoms with van der Waals surface area (Å²) in [6.07, 6.45) is 1.51. The summed E-state index contributed by atoms with van der Waals surface area (Å²) in [7, 11) is 0. The summed E-state index contributed by atoms with van der Waals surface area (Å²) < 4.78 is 0. The van der Waals surface area contributed by atoms with E-state index in [0.717, 1.165) is 6.54 Å². The first-order chi connectivity index (χ1) is 8.00. The Morgan fingerprint density at radius 3 is 2.76 bits per heavy atom. The molecule has 6 heteroatoms. The summed E-state index contributed by atoms with van der Waals surface area (Å²) in [5.74, 6) is 0.535. The number of nitro groups is 1. The van der Waals surface area contributed by atoms with Crippen molar-refractivity contribution < 1.29 is 4.92 Å². The Hall–Kier alpha value is -1.69. The Labute approximate surface area is 101 Å². The van der Waals surface area contributed by atoms with E-state index in [-0.39, 0.29) is 5.69 Å². The SMILES string of the molecule is Cc1cnc(NCCNC(C)C)cc1[N+](=O)[O-]. The fourth-order valence-electron chi connectivity index (χ4n) is 1.36. The molecule has 0 saturated carbocycles. The molecule has 0 aromatic carbocycles. The molecule has 1 aromatic rings. The van der Waals surface area contributed by atoms with Crippen LogP contribution in [0.3, 0.4) is 0 Å². The van der Waals surface area contributed by atoms with Gasteiger partial charge in [-0.05, 0) is 6.92 Å². The van der Waals surface area contributed by atoms with Gasteiger partial charge < -0.3 is 10.6 Å². The predicted octanol–water partition coefficient (Wildman–Crippen LogP) is 1.71. The van der Waals surface area contributed by atoms with Crippen LogP contribution < -0.4 is 10.6 Å². The van der Waals surface area contributed by atoms with Crippen LogP contribution in [0.1, 0.15) is 19.4 Å². The molecule has 0 spiro atoms. The van der Waals surface area contributed by atoms with Crippen molar-refractivity contribution in [2.45, 2.75) is 26.8 Å². The van der Waals surface area contributed by atoms with E-state index in [1.54, 1.807) is 6.92 Å². The van der Waals surface area contributed by atoms with E-state index in [9.17, 15) is 10.1 Å². The number of nitrogens with one attached hydrogen (secondary N) is 2. The van der Waals surface area contributed by atoms with E-state index >= 15 is 0 Å². The Kier molecular flexibility index (Phi) is 4.84. The second-order valence-corrected chi connectivity index (χ2v) is 4.15. The molecule has 2 N–H and O–H groups in total. The molecular formula is C11H18N4O2. The zero-order chi connectivity index (χ0) is 12.8. The number of hydrogen-bond donors (Lipinski definition) is 2. The van der Waals surface area contributed by atoms with Gasteiger partial charge in [0.25, 0.3) is 5.69 Å². The maximum atomic E-state index is 10.7. The molecule has 0 aliphatic heterocycles. The smallest absolute Gasteiger partial charge is 0.277 e. The molecular weight excluding hydrogens is 220 g/mol. The van der Waals surface area contributed by atoms with Crippen LogP contribution in [0.4, 0.5) is 11.5 Å². The van der Waals surface area contributed by atoms with E-state index in [0.29, 0.717) is 24.0 Å². The molecule has 0 aliphatic rings. The van der Waals surface area contributed by atoms with Gasteiger partial charge >= 0.3 is 0 Å². The van der Waals surface area contributed by atoms with Crippen LogP contribution in [-0.4, -0.2) is 29.0 Å². The van der Waals surface area contributed by atoms with Crippen molar-refractivity contribution >= 4 is 11.5 Å². The van der Waals surface area contributed by atoms with Gasteiger partial charge in [0.1, 0.15) is 5.82 Å². The molecule has 0 atom stereocenters. The lowest BCUT2D eigenvalue weighted by atomic mass is 10.2. The number of aryl methyl sites for hydroxylation is 1. The zero-order valence-electron chi connectivity index (χ0n) is 10.4. The van der Waals surface area contributed by atoms with Crippen molar-refractivity contribution in [2.75, 3.05) is 18.4 Å². The van der Waals surface area contributed by atoms with E-state index in [1.165, 1.54) is 12.3 Å². The summed E-state index contributed by atoms with van der Waals surface area (Å²) in [4.78, 5) is 14.4. The quantitative estimate of drug-likeness (QED) is 0.448. The molecule has 0 bridgehead atoms. The number of anilines is 1. The zero-order valence-corrected chi connectivity index (χ0v) is 10.4. The summed E-state index contributed by atoms with van der Waals surface area (Å²) in [5.41, 5.74) is 0.667. The maximum absolute atomic E-state index is 10.7. The maximum Gasteiger partial charge on any atom is 0.277 e. The second kappa shape index (κ2) is 6.15. The average Bonchev–Trinajstić information content (AvgIpc) is 2.25. The lowest BCUT2D eigenvalue weighted by Crippen LogP contribution is -2.28. The summed E-state index contributed by atoms with van der Waals surface area (Å²) in [5, 5.41) is 17.0. The van der Waals surface area contributed by atoms with Gasteiger partial charge in [0.2, 0.25) is 0 Å². The minimum atomic E-state index is -0.394. The molecule has 0 amide bonds. The molecule has 17 heavy (non-hydrogen) atoms. The highest BCUT2D eigenvalue weighted by Gasteiger charge is 2.11. The van der Waals surface area contributed by atoms with Gasteiger partial charge in [0.15, 0.2) is 0 Å². The van der Waals surface area contributed by atoms with Crippen molar-refractivity contribution in [3.63, 3.8) is 0 Å². The van der Waals surface area contributed by atoms with Crippen LogP contribution in [0.15, 0.2) is 12.3 Å². The van der Waals surface area contributed by atoms with Crippen molar-refractivity contribution in [1.29, 1.82) is 0 Å². The highest BCUT2D eigenvalue weighted by Crippen LogP contribution is 2.19. The van der Waals surface area contributed by atoms with Crippen LogP contribution >= 0.6 is 0 Å². The van der Waals surface area contributed by atoms with Crippen LogP contribution in [0.25, 0.3) is 0 Å². The van der Waals surface area contributed by atoms with E-state index in [2.05, 4.69) is 29.5 Å². The van der Waals surface area contributed by atoms with Gasteiger partial charge in [-0.1, -0.05) is 13.8 Å². The average molecular weight is 238 g/mol. The Balaban J connectivity index is 2.54. The fourth-order valence-corrected chi connectivity index (χ4v) is 1.36. The first-order valence-corrected chi connectivity index (χ1v) is 5.59. The molecule has 0 saturated heterocycles. The van der Waals surface area contributed by atoms with Crippen molar-refractivity contribution in [3.8, 4) is 0 Å². The molecule has 1 heterocycles. The van der Waals surface area contributed by atoms with Crippen molar-refractivity contribution in [3.05, 3.63) is 27.9 Å². The third kappa shape index (κ3) is 4.36. The molecule has 0 fully saturated rings. The monoisotopic (exact) mass is 238 g/mol. The summed E-state index contributed by atoms with van der Waals surface area (Å²) in [6, 6.07) is 1.89. The largest absolute Gasteiger partial charge is 0.369 e. The lowest BCUT2D eigenvalue weighted by molar-refractivity contribution is -0.385. The third-order valence-corrected chi connectivity index (χ3v) is 2.26. The Morgan fingerprint density at radius 1 is 1.47 bits per heavy atom. The lowest BCUT2D eigenvalue weighted by Gasteiger charge is -2.09. The van der Waals surface area contributed by atoms with Gasteiger partial charge in [-0.25, -0.2) is 4.98 Å². The van der Waals surface area contributed by atoms with Crippen LogP contribution in [0.2, 0.25) is 0 Å². The first-order valence-electron chi connectivity index (χ1n) is 5.59. The van der Waals surface area contributed by atoms with E-state index < -0.39 is 4.92 Å². The van der Waals surface area contributed by atoms with Crippen LogP contribution in [0, 0.1) is 17.0 Å². The van der Waals surface area contributed by atoms with Gasteiger partial charge in [-0.15, -0.1) is 0 Å². The minimum absolute atomic E-state index is 0.0966. The van der Waals surface area contributed by atoms with Crippen molar-refractivity contribution in [2.24, 2.45) is 0 Å². The number of rotatable bonds is 6. The predicted molar refractivity (Wildman–Crippen MR) is 67.3 cm³/mol. The second-order valence-electron chi connectivity index (χ2n) is 4.15. The molecule has 1 aromatic heterocycles. The fraction of sp³-hybridized carbons (Fsp3) is 0.545. The molecule has 0 radical (unpaired) electrons. The van der Waals surface area contributed by atoms with E-state index in [4.69, 9.17) is 0 Å². The minimum Gasteiger partial charge on any atom is -0.369 e. The highest BCUT2D eigenvalue weighted by atomic mass is 16.6. The molecule has 94 valence electrons. The topological polar surface area (TPSA) is 80.1 Å². The van der Waals surface area contributed by atoms with Gasteiger partial charge in [-0.2, -0.15) is 0 Å². The Bertz CT molecular complexity index is 393.